The minimum atomic E-state index is 0.116. The number of aryl methyl sites for hydroxylation is 1. The van der Waals surface area contributed by atoms with E-state index < -0.39 is 0 Å². The van der Waals surface area contributed by atoms with Crippen LogP contribution in [0.15, 0.2) is 12.7 Å². The highest BCUT2D eigenvalue weighted by Gasteiger charge is 2.30. The van der Waals surface area contributed by atoms with Gasteiger partial charge in [0.25, 0.3) is 0 Å². The number of amides is 1. The van der Waals surface area contributed by atoms with Crippen molar-refractivity contribution in [2.24, 2.45) is 7.05 Å². The van der Waals surface area contributed by atoms with E-state index in [1.807, 2.05) is 16.6 Å². The molecule has 0 aromatic carbocycles. The molecule has 0 N–H and O–H groups in total. The second-order valence-corrected chi connectivity index (χ2v) is 6.90. The molecule has 0 saturated heterocycles. The van der Waals surface area contributed by atoms with Crippen molar-refractivity contribution in [2.45, 2.75) is 64.1 Å². The molecule has 1 saturated carbocycles. The van der Waals surface area contributed by atoms with E-state index in [9.17, 15) is 4.79 Å². The van der Waals surface area contributed by atoms with Crippen LogP contribution in [-0.4, -0.2) is 41.4 Å². The third-order valence-corrected chi connectivity index (χ3v) is 5.37. The van der Waals surface area contributed by atoms with Gasteiger partial charge < -0.3 is 4.90 Å². The quantitative estimate of drug-likeness (QED) is 0.833. The molecule has 2 aromatic heterocycles. The second kappa shape index (κ2) is 6.37. The molecule has 2 aliphatic rings. The fourth-order valence-electron chi connectivity index (χ4n) is 4.17. The highest BCUT2D eigenvalue weighted by atomic mass is 16.2. The first-order valence-electron chi connectivity index (χ1n) is 8.88. The Labute approximate surface area is 141 Å². The van der Waals surface area contributed by atoms with Crippen molar-refractivity contribution in [1.29, 1.82) is 0 Å². The number of aromatic nitrogens is 5. The van der Waals surface area contributed by atoms with E-state index in [4.69, 9.17) is 5.10 Å². The van der Waals surface area contributed by atoms with Gasteiger partial charge >= 0.3 is 0 Å². The summed E-state index contributed by atoms with van der Waals surface area (Å²) in [7, 11) is 2.02. The van der Waals surface area contributed by atoms with Crippen molar-refractivity contribution < 1.29 is 4.79 Å². The number of fused-ring (bicyclic) bond motifs is 1. The lowest BCUT2D eigenvalue weighted by Gasteiger charge is -2.28. The number of rotatable bonds is 5. The summed E-state index contributed by atoms with van der Waals surface area (Å²) in [6.07, 6.45) is 11.1. The van der Waals surface area contributed by atoms with Gasteiger partial charge in [0.2, 0.25) is 5.91 Å². The number of carbonyl (C=O) groups excluding carboxylic acids is 1. The Hall–Kier alpha value is -2.18. The fraction of sp³-hybridized carbons (Fsp3) is 0.647. The van der Waals surface area contributed by atoms with Crippen LogP contribution in [0.3, 0.4) is 0 Å². The Kier molecular flexibility index (Phi) is 4.08. The lowest BCUT2D eigenvalue weighted by atomic mass is 10.1. The molecular weight excluding hydrogens is 304 g/mol. The molecule has 0 radical (unpaired) electrons. The first-order valence-corrected chi connectivity index (χ1v) is 8.88. The number of carbonyl (C=O) groups is 1. The lowest BCUT2D eigenvalue weighted by Crippen LogP contribution is -2.40. The second-order valence-electron chi connectivity index (χ2n) is 6.90. The average Bonchev–Trinajstić information content (AvgIpc) is 3.34. The Morgan fingerprint density at radius 3 is 2.88 bits per heavy atom. The molecule has 0 spiro atoms. The zero-order valence-corrected chi connectivity index (χ0v) is 14.2. The van der Waals surface area contributed by atoms with Crippen molar-refractivity contribution in [2.75, 3.05) is 0 Å². The van der Waals surface area contributed by atoms with E-state index in [-0.39, 0.29) is 12.5 Å². The Bertz CT molecular complexity index is 714. The van der Waals surface area contributed by atoms with Crippen LogP contribution in [0, 0.1) is 0 Å². The Balaban J connectivity index is 1.56. The van der Waals surface area contributed by atoms with Gasteiger partial charge in [-0.1, -0.05) is 12.8 Å². The molecule has 2 heterocycles. The van der Waals surface area contributed by atoms with Gasteiger partial charge in [-0.15, -0.1) is 0 Å². The number of hydrogen-bond donors (Lipinski definition) is 0. The first kappa shape index (κ1) is 15.4. The average molecular weight is 328 g/mol. The lowest BCUT2D eigenvalue weighted by molar-refractivity contribution is -0.135. The zero-order valence-electron chi connectivity index (χ0n) is 14.2. The van der Waals surface area contributed by atoms with Crippen molar-refractivity contribution in [1.82, 2.24) is 29.4 Å². The van der Waals surface area contributed by atoms with E-state index in [1.54, 1.807) is 11.0 Å². The fourth-order valence-corrected chi connectivity index (χ4v) is 4.17. The van der Waals surface area contributed by atoms with Crippen molar-refractivity contribution in [3.8, 4) is 0 Å². The molecule has 4 rings (SSSR count). The molecule has 0 bridgehead atoms. The molecule has 0 unspecified atom stereocenters. The highest BCUT2D eigenvalue weighted by Crippen LogP contribution is 2.29. The van der Waals surface area contributed by atoms with Crippen LogP contribution >= 0.6 is 0 Å². The predicted molar refractivity (Wildman–Crippen MR) is 88.1 cm³/mol. The minimum absolute atomic E-state index is 0.116. The van der Waals surface area contributed by atoms with E-state index in [0.717, 1.165) is 31.4 Å². The van der Waals surface area contributed by atoms with Crippen LogP contribution in [0.2, 0.25) is 0 Å². The van der Waals surface area contributed by atoms with Crippen molar-refractivity contribution in [3.63, 3.8) is 0 Å². The summed E-state index contributed by atoms with van der Waals surface area (Å²) in [5, 5.41) is 8.78. The van der Waals surface area contributed by atoms with E-state index in [2.05, 4.69) is 10.1 Å². The van der Waals surface area contributed by atoms with Crippen LogP contribution in [0.1, 0.15) is 49.1 Å². The van der Waals surface area contributed by atoms with Gasteiger partial charge in [-0.05, 0) is 37.7 Å². The summed E-state index contributed by atoms with van der Waals surface area (Å²) in [6.45, 7) is 0.882. The maximum atomic E-state index is 12.9. The molecule has 1 amide bonds. The van der Waals surface area contributed by atoms with Gasteiger partial charge in [-0.3, -0.25) is 9.48 Å². The summed E-state index contributed by atoms with van der Waals surface area (Å²) >= 11 is 0. The molecule has 2 aromatic rings. The van der Waals surface area contributed by atoms with Gasteiger partial charge in [0.15, 0.2) is 0 Å². The highest BCUT2D eigenvalue weighted by molar-refractivity contribution is 5.76. The zero-order chi connectivity index (χ0) is 16.5. The van der Waals surface area contributed by atoms with Crippen molar-refractivity contribution >= 4 is 5.91 Å². The third kappa shape index (κ3) is 2.83. The molecular formula is C17H24N6O. The summed E-state index contributed by atoms with van der Waals surface area (Å²) in [6, 6.07) is 0.333. The third-order valence-electron chi connectivity index (χ3n) is 5.37. The molecule has 1 fully saturated rings. The predicted octanol–water partition coefficient (Wildman–Crippen LogP) is 1.47. The van der Waals surface area contributed by atoms with Crippen LogP contribution in [0.5, 0.6) is 0 Å². The normalized spacial score (nSPS) is 17.4. The Morgan fingerprint density at radius 2 is 2.12 bits per heavy atom. The molecule has 2 aliphatic carbocycles. The first-order chi connectivity index (χ1) is 11.7. The number of hydrogen-bond acceptors (Lipinski definition) is 4. The van der Waals surface area contributed by atoms with E-state index >= 15 is 0 Å². The van der Waals surface area contributed by atoms with E-state index in [1.165, 1.54) is 36.8 Å². The molecule has 7 heteroatoms. The van der Waals surface area contributed by atoms with Crippen LogP contribution in [-0.2, 0) is 37.8 Å². The SMILES string of the molecule is Cn1nc(CN(C(=O)Cn2cncn2)C2CCCC2)c2c1CCC2. The molecule has 128 valence electrons. The van der Waals surface area contributed by atoms with Crippen LogP contribution in [0.4, 0.5) is 0 Å². The van der Waals surface area contributed by atoms with E-state index in [0.29, 0.717) is 12.6 Å². The maximum absolute atomic E-state index is 12.9. The van der Waals surface area contributed by atoms with Crippen LogP contribution in [0.25, 0.3) is 0 Å². The van der Waals surface area contributed by atoms with Gasteiger partial charge in [-0.25, -0.2) is 9.67 Å². The van der Waals surface area contributed by atoms with Crippen LogP contribution < -0.4 is 0 Å². The summed E-state index contributed by atoms with van der Waals surface area (Å²) < 4.78 is 3.61. The summed E-state index contributed by atoms with van der Waals surface area (Å²) in [5.41, 5.74) is 3.80. The van der Waals surface area contributed by atoms with Gasteiger partial charge in [0.05, 0.1) is 12.2 Å². The van der Waals surface area contributed by atoms with Crippen molar-refractivity contribution in [3.05, 3.63) is 29.6 Å². The minimum Gasteiger partial charge on any atom is -0.332 e. The smallest absolute Gasteiger partial charge is 0.244 e. The maximum Gasteiger partial charge on any atom is 0.244 e. The van der Waals surface area contributed by atoms with Gasteiger partial charge in [0.1, 0.15) is 19.2 Å². The topological polar surface area (TPSA) is 68.8 Å². The molecule has 0 atom stereocenters. The molecule has 24 heavy (non-hydrogen) atoms. The monoisotopic (exact) mass is 328 g/mol. The summed E-state index contributed by atoms with van der Waals surface area (Å²) in [4.78, 5) is 18.9. The van der Waals surface area contributed by atoms with Gasteiger partial charge in [-0.2, -0.15) is 10.2 Å². The standard InChI is InChI=1S/C17H24N6O/c1-21-16-8-4-7-14(16)15(20-21)9-23(13-5-2-3-6-13)17(24)10-22-12-18-11-19-22/h11-13H,2-10H2,1H3. The van der Waals surface area contributed by atoms with Gasteiger partial charge in [0, 0.05) is 18.8 Å². The molecule has 0 aliphatic heterocycles. The Morgan fingerprint density at radius 1 is 1.29 bits per heavy atom. The largest absolute Gasteiger partial charge is 0.332 e. The molecule has 7 nitrogen and oxygen atoms in total. The summed E-state index contributed by atoms with van der Waals surface area (Å²) in [5.74, 6) is 0.116. The number of nitrogens with zero attached hydrogens (tertiary/aromatic N) is 6.